The molecule has 5 rings (SSSR count). The first kappa shape index (κ1) is 31.0. The molecular formula is C33H36N8O4. The number of rotatable bonds is 11. The van der Waals surface area contributed by atoms with Crippen molar-refractivity contribution in [1.29, 1.82) is 0 Å². The number of primary amides is 1. The van der Waals surface area contributed by atoms with Gasteiger partial charge in [0, 0.05) is 55.7 Å². The van der Waals surface area contributed by atoms with Crippen LogP contribution in [-0.4, -0.2) is 77.3 Å². The van der Waals surface area contributed by atoms with Crippen LogP contribution in [0.1, 0.15) is 43.6 Å². The van der Waals surface area contributed by atoms with E-state index < -0.39 is 5.91 Å². The highest BCUT2D eigenvalue weighted by atomic mass is 16.5. The quantitative estimate of drug-likeness (QED) is 0.199. The van der Waals surface area contributed by atoms with Crippen molar-refractivity contribution in [2.24, 2.45) is 5.73 Å². The maximum atomic E-state index is 13.2. The van der Waals surface area contributed by atoms with Crippen LogP contribution in [-0.2, 0) is 6.54 Å². The summed E-state index contributed by atoms with van der Waals surface area (Å²) in [5.41, 5.74) is 8.81. The Labute approximate surface area is 261 Å². The fourth-order valence-electron chi connectivity index (χ4n) is 4.94. The molecule has 0 aliphatic carbocycles. The first-order chi connectivity index (χ1) is 21.8. The van der Waals surface area contributed by atoms with E-state index in [0.717, 1.165) is 25.2 Å². The van der Waals surface area contributed by atoms with Gasteiger partial charge < -0.3 is 36.2 Å². The number of carbonyl (C=O) groups is 3. The van der Waals surface area contributed by atoms with Crippen LogP contribution in [0.3, 0.4) is 0 Å². The first-order valence-corrected chi connectivity index (χ1v) is 14.7. The van der Waals surface area contributed by atoms with Crippen LogP contribution in [0.25, 0.3) is 0 Å². The lowest BCUT2D eigenvalue weighted by molar-refractivity contribution is 0.0643. The number of aromatic nitrogens is 2. The van der Waals surface area contributed by atoms with Crippen LogP contribution in [0.4, 0.5) is 23.1 Å². The summed E-state index contributed by atoms with van der Waals surface area (Å²) in [6.45, 7) is 6.51. The molecule has 0 bridgehead atoms. The van der Waals surface area contributed by atoms with Gasteiger partial charge in [-0.25, -0.2) is 4.98 Å². The van der Waals surface area contributed by atoms with Gasteiger partial charge in [0.15, 0.2) is 0 Å². The molecule has 0 unspecified atom stereocenters. The highest BCUT2D eigenvalue weighted by molar-refractivity contribution is 5.99. The number of nitrogens with zero attached hydrogens (tertiary/aromatic N) is 4. The van der Waals surface area contributed by atoms with Crippen molar-refractivity contribution in [1.82, 2.24) is 25.1 Å². The van der Waals surface area contributed by atoms with Gasteiger partial charge in [-0.05, 0) is 54.6 Å². The van der Waals surface area contributed by atoms with Gasteiger partial charge >= 0.3 is 0 Å². The maximum absolute atomic E-state index is 13.2. The number of carbonyl (C=O) groups excluding carboxylic acids is 3. The summed E-state index contributed by atoms with van der Waals surface area (Å²) in [5.74, 6) is -0.225. The van der Waals surface area contributed by atoms with Crippen molar-refractivity contribution in [2.75, 3.05) is 50.5 Å². The number of anilines is 4. The van der Waals surface area contributed by atoms with Crippen LogP contribution in [0.2, 0.25) is 0 Å². The van der Waals surface area contributed by atoms with Gasteiger partial charge in [0.2, 0.25) is 5.95 Å². The fourth-order valence-corrected chi connectivity index (χ4v) is 4.94. The van der Waals surface area contributed by atoms with Crippen molar-refractivity contribution in [3.63, 3.8) is 0 Å². The predicted molar refractivity (Wildman–Crippen MR) is 172 cm³/mol. The Bertz CT molecular complexity index is 1660. The van der Waals surface area contributed by atoms with E-state index in [1.807, 2.05) is 35.2 Å². The Morgan fingerprint density at radius 2 is 1.62 bits per heavy atom. The molecule has 2 heterocycles. The van der Waals surface area contributed by atoms with Crippen LogP contribution in [0.5, 0.6) is 5.75 Å². The minimum Gasteiger partial charge on any atom is -0.495 e. The van der Waals surface area contributed by atoms with E-state index in [2.05, 4.69) is 37.7 Å². The van der Waals surface area contributed by atoms with Crippen molar-refractivity contribution in [2.45, 2.75) is 13.5 Å². The van der Waals surface area contributed by atoms with E-state index in [1.54, 1.807) is 42.5 Å². The molecule has 0 spiro atoms. The van der Waals surface area contributed by atoms with Gasteiger partial charge in [-0.1, -0.05) is 37.3 Å². The SMILES string of the molecule is CCN1CCN(C(=O)c2ccc(Nc3nc(Nc4ccc(C(=O)NCc5ccccc5)cc4)ncc3C(N)=O)c(OC)c2)CC1. The minimum absolute atomic E-state index is 0.0679. The molecule has 232 valence electrons. The second-order valence-electron chi connectivity index (χ2n) is 10.5. The van der Waals surface area contributed by atoms with Gasteiger partial charge in [-0.2, -0.15) is 4.98 Å². The summed E-state index contributed by atoms with van der Waals surface area (Å²) < 4.78 is 5.58. The molecule has 3 aromatic carbocycles. The van der Waals surface area contributed by atoms with E-state index in [1.165, 1.54) is 13.3 Å². The van der Waals surface area contributed by atoms with Crippen LogP contribution < -0.4 is 26.4 Å². The number of nitrogens with two attached hydrogens (primary N) is 1. The van der Waals surface area contributed by atoms with Gasteiger partial charge in [0.1, 0.15) is 17.1 Å². The number of methoxy groups -OCH3 is 1. The Morgan fingerprint density at radius 1 is 0.911 bits per heavy atom. The zero-order valence-corrected chi connectivity index (χ0v) is 25.2. The van der Waals surface area contributed by atoms with Crippen LogP contribution >= 0.6 is 0 Å². The Balaban J connectivity index is 1.28. The molecule has 1 aliphatic rings. The highest BCUT2D eigenvalue weighted by Gasteiger charge is 2.23. The topological polar surface area (TPSA) is 155 Å². The smallest absolute Gasteiger partial charge is 0.254 e. The first-order valence-electron chi connectivity index (χ1n) is 14.7. The molecule has 45 heavy (non-hydrogen) atoms. The van der Waals surface area contributed by atoms with Crippen molar-refractivity contribution < 1.29 is 19.1 Å². The number of likely N-dealkylation sites (N-methyl/N-ethyl adjacent to an activating group) is 1. The number of amides is 3. The normalized spacial score (nSPS) is 13.2. The molecule has 1 aromatic heterocycles. The molecule has 1 saturated heterocycles. The number of nitrogens with one attached hydrogen (secondary N) is 3. The summed E-state index contributed by atoms with van der Waals surface area (Å²) in [6.07, 6.45) is 1.33. The zero-order chi connectivity index (χ0) is 31.8. The third kappa shape index (κ3) is 7.73. The van der Waals surface area contributed by atoms with E-state index in [-0.39, 0.29) is 29.1 Å². The second kappa shape index (κ2) is 14.3. The van der Waals surface area contributed by atoms with Gasteiger partial charge in [0.25, 0.3) is 17.7 Å². The third-order valence-corrected chi connectivity index (χ3v) is 7.56. The number of ether oxygens (including phenoxy) is 1. The van der Waals surface area contributed by atoms with E-state index in [9.17, 15) is 14.4 Å². The number of benzene rings is 3. The van der Waals surface area contributed by atoms with E-state index in [0.29, 0.717) is 47.9 Å². The lowest BCUT2D eigenvalue weighted by Crippen LogP contribution is -2.48. The van der Waals surface area contributed by atoms with Gasteiger partial charge in [-0.15, -0.1) is 0 Å². The molecule has 4 aromatic rings. The number of hydrogen-bond acceptors (Lipinski definition) is 9. The monoisotopic (exact) mass is 608 g/mol. The summed E-state index contributed by atoms with van der Waals surface area (Å²) in [5, 5.41) is 9.10. The van der Waals surface area contributed by atoms with Gasteiger partial charge in [-0.3, -0.25) is 14.4 Å². The molecule has 3 amide bonds. The molecule has 12 nitrogen and oxygen atoms in total. The molecule has 5 N–H and O–H groups in total. The molecule has 0 atom stereocenters. The third-order valence-electron chi connectivity index (χ3n) is 7.56. The largest absolute Gasteiger partial charge is 0.495 e. The minimum atomic E-state index is -0.716. The molecule has 0 radical (unpaired) electrons. The Hall–Kier alpha value is -5.49. The zero-order valence-electron chi connectivity index (χ0n) is 25.2. The van der Waals surface area contributed by atoms with Crippen molar-refractivity contribution in [3.8, 4) is 5.75 Å². The second-order valence-corrected chi connectivity index (χ2v) is 10.5. The number of piperazine rings is 1. The van der Waals surface area contributed by atoms with E-state index >= 15 is 0 Å². The standard InChI is InChI=1S/C33H36N8O4/c1-3-40-15-17-41(18-16-40)32(44)24-11-14-27(28(19-24)45-2)38-30-26(29(34)42)21-36-33(39-30)37-25-12-9-23(10-13-25)31(43)35-20-22-7-5-4-6-8-22/h4-14,19,21H,3,15-18,20H2,1-2H3,(H2,34,42)(H,35,43)(H2,36,37,38,39). The summed E-state index contributed by atoms with van der Waals surface area (Å²) in [4.78, 5) is 50.8. The fraction of sp³-hybridized carbons (Fsp3) is 0.242. The average molecular weight is 609 g/mol. The van der Waals surface area contributed by atoms with E-state index in [4.69, 9.17) is 10.5 Å². The Kier molecular flexibility index (Phi) is 9.85. The van der Waals surface area contributed by atoms with Crippen LogP contribution in [0.15, 0.2) is 79.0 Å². The Morgan fingerprint density at radius 3 is 2.29 bits per heavy atom. The number of hydrogen-bond donors (Lipinski definition) is 4. The highest BCUT2D eigenvalue weighted by Crippen LogP contribution is 2.30. The average Bonchev–Trinajstić information content (AvgIpc) is 3.08. The van der Waals surface area contributed by atoms with Gasteiger partial charge in [0.05, 0.1) is 12.8 Å². The van der Waals surface area contributed by atoms with Crippen LogP contribution in [0, 0.1) is 0 Å². The molecule has 1 aliphatic heterocycles. The maximum Gasteiger partial charge on any atom is 0.254 e. The predicted octanol–water partition coefficient (Wildman–Crippen LogP) is 3.78. The van der Waals surface area contributed by atoms with Crippen molar-refractivity contribution in [3.05, 3.63) is 101 Å². The molecule has 1 fully saturated rings. The summed E-state index contributed by atoms with van der Waals surface area (Å²) >= 11 is 0. The summed E-state index contributed by atoms with van der Waals surface area (Å²) in [7, 11) is 1.50. The lowest BCUT2D eigenvalue weighted by atomic mass is 10.1. The van der Waals surface area contributed by atoms with Crippen molar-refractivity contribution >= 4 is 40.9 Å². The lowest BCUT2D eigenvalue weighted by Gasteiger charge is -2.34. The molecule has 0 saturated carbocycles. The molecule has 12 heteroatoms. The molecular weight excluding hydrogens is 572 g/mol. The summed E-state index contributed by atoms with van der Waals surface area (Å²) in [6, 6.07) is 21.6.